The summed E-state index contributed by atoms with van der Waals surface area (Å²) in [7, 11) is 0. The molecule has 2 N–H and O–H groups in total. The minimum atomic E-state index is 0.434. The molecule has 2 atom stereocenters. The molecule has 0 aliphatic heterocycles. The largest absolute Gasteiger partial charge is 0.507 e. The molecule has 0 amide bonds. The molecule has 1 aliphatic rings. The maximum atomic E-state index is 9.74. The van der Waals surface area contributed by atoms with Crippen LogP contribution in [0, 0.1) is 25.7 Å². The van der Waals surface area contributed by atoms with Crippen molar-refractivity contribution in [2.45, 2.75) is 46.6 Å². The monoisotopic (exact) mass is 247 g/mol. The van der Waals surface area contributed by atoms with E-state index in [-0.39, 0.29) is 0 Å². The van der Waals surface area contributed by atoms with E-state index in [4.69, 9.17) is 0 Å². The van der Waals surface area contributed by atoms with Crippen molar-refractivity contribution >= 4 is 0 Å². The summed E-state index contributed by atoms with van der Waals surface area (Å²) >= 11 is 0. The first kappa shape index (κ1) is 13.4. The maximum absolute atomic E-state index is 9.74. The van der Waals surface area contributed by atoms with Crippen molar-refractivity contribution in [2.24, 2.45) is 11.8 Å². The first-order valence-corrected chi connectivity index (χ1v) is 7.06. The number of benzene rings is 1. The Labute approximate surface area is 110 Å². The van der Waals surface area contributed by atoms with E-state index in [0.717, 1.165) is 36.1 Å². The second-order valence-corrected chi connectivity index (χ2v) is 5.99. The Hall–Kier alpha value is -1.02. The molecular weight excluding hydrogens is 222 g/mol. The van der Waals surface area contributed by atoms with Crippen molar-refractivity contribution in [2.75, 3.05) is 6.54 Å². The predicted molar refractivity (Wildman–Crippen MR) is 75.8 cm³/mol. The Kier molecular flexibility index (Phi) is 4.28. The van der Waals surface area contributed by atoms with Crippen molar-refractivity contribution in [3.8, 4) is 5.75 Å². The topological polar surface area (TPSA) is 32.3 Å². The zero-order chi connectivity index (χ0) is 13.1. The molecule has 1 aromatic carbocycles. The molecule has 1 aromatic rings. The van der Waals surface area contributed by atoms with E-state index in [2.05, 4.69) is 24.4 Å². The zero-order valence-electron chi connectivity index (χ0n) is 11.8. The fourth-order valence-corrected chi connectivity index (χ4v) is 3.08. The van der Waals surface area contributed by atoms with E-state index in [1.54, 1.807) is 0 Å². The Morgan fingerprint density at radius 2 is 1.89 bits per heavy atom. The quantitative estimate of drug-likeness (QED) is 0.853. The molecule has 1 aliphatic carbocycles. The van der Waals surface area contributed by atoms with Crippen LogP contribution in [0.15, 0.2) is 12.1 Å². The van der Waals surface area contributed by atoms with E-state index in [1.165, 1.54) is 24.8 Å². The lowest BCUT2D eigenvalue weighted by Gasteiger charge is -2.12. The third kappa shape index (κ3) is 3.26. The molecule has 0 heterocycles. The normalized spacial score (nSPS) is 23.5. The van der Waals surface area contributed by atoms with Gasteiger partial charge in [0.1, 0.15) is 5.75 Å². The number of nitrogens with one attached hydrogen (secondary N) is 1. The fourth-order valence-electron chi connectivity index (χ4n) is 3.08. The van der Waals surface area contributed by atoms with Gasteiger partial charge in [0.2, 0.25) is 0 Å². The standard InChI is InChI=1S/C16H25NO/c1-11-4-5-14(6-11)9-17-10-15-7-12(2)16(18)13(3)8-15/h7-8,11,14,17-18H,4-6,9-10H2,1-3H3. The zero-order valence-corrected chi connectivity index (χ0v) is 11.8. The summed E-state index contributed by atoms with van der Waals surface area (Å²) in [6.45, 7) is 8.32. The molecule has 0 aromatic heterocycles. The van der Waals surface area contributed by atoms with Gasteiger partial charge in [-0.3, -0.25) is 0 Å². The third-order valence-electron chi connectivity index (χ3n) is 4.12. The van der Waals surface area contributed by atoms with E-state index in [1.807, 2.05) is 13.8 Å². The molecule has 100 valence electrons. The van der Waals surface area contributed by atoms with Gasteiger partial charge in [-0.1, -0.05) is 25.5 Å². The van der Waals surface area contributed by atoms with E-state index in [9.17, 15) is 5.11 Å². The van der Waals surface area contributed by atoms with Crippen LogP contribution in [0.3, 0.4) is 0 Å². The smallest absolute Gasteiger partial charge is 0.121 e. The van der Waals surface area contributed by atoms with Crippen molar-refractivity contribution in [1.82, 2.24) is 5.32 Å². The van der Waals surface area contributed by atoms with Crippen molar-refractivity contribution in [1.29, 1.82) is 0 Å². The Balaban J connectivity index is 1.83. The van der Waals surface area contributed by atoms with Gasteiger partial charge in [-0.15, -0.1) is 0 Å². The van der Waals surface area contributed by atoms with Crippen LogP contribution >= 0.6 is 0 Å². The summed E-state index contributed by atoms with van der Waals surface area (Å²) in [6.07, 6.45) is 4.15. The van der Waals surface area contributed by atoms with Crippen molar-refractivity contribution in [3.63, 3.8) is 0 Å². The van der Waals surface area contributed by atoms with Gasteiger partial charge in [0.25, 0.3) is 0 Å². The SMILES string of the molecule is Cc1cc(CNCC2CCC(C)C2)cc(C)c1O. The fraction of sp³-hybridized carbons (Fsp3) is 0.625. The number of rotatable bonds is 4. The summed E-state index contributed by atoms with van der Waals surface area (Å²) < 4.78 is 0. The van der Waals surface area contributed by atoms with Crippen LogP contribution < -0.4 is 5.32 Å². The van der Waals surface area contributed by atoms with Gasteiger partial charge in [0.15, 0.2) is 0 Å². The first-order valence-electron chi connectivity index (χ1n) is 7.06. The minimum Gasteiger partial charge on any atom is -0.507 e. The number of phenolic OH excluding ortho intramolecular Hbond substituents is 1. The number of hydrogen-bond acceptors (Lipinski definition) is 2. The van der Waals surface area contributed by atoms with Crippen LogP contribution in [0.1, 0.15) is 42.9 Å². The highest BCUT2D eigenvalue weighted by molar-refractivity contribution is 5.42. The van der Waals surface area contributed by atoms with E-state index in [0.29, 0.717) is 5.75 Å². The molecule has 2 heteroatoms. The Bertz CT molecular complexity index is 391. The van der Waals surface area contributed by atoms with Gasteiger partial charge in [-0.2, -0.15) is 0 Å². The van der Waals surface area contributed by atoms with Gasteiger partial charge in [-0.05, 0) is 61.8 Å². The van der Waals surface area contributed by atoms with Gasteiger partial charge < -0.3 is 10.4 Å². The third-order valence-corrected chi connectivity index (χ3v) is 4.12. The number of hydrogen-bond donors (Lipinski definition) is 2. The Morgan fingerprint density at radius 3 is 2.44 bits per heavy atom. The summed E-state index contributed by atoms with van der Waals surface area (Å²) in [4.78, 5) is 0. The highest BCUT2D eigenvalue weighted by atomic mass is 16.3. The molecular formula is C16H25NO. The Morgan fingerprint density at radius 1 is 1.22 bits per heavy atom. The van der Waals surface area contributed by atoms with Gasteiger partial charge >= 0.3 is 0 Å². The first-order chi connectivity index (χ1) is 8.56. The summed E-state index contributed by atoms with van der Waals surface area (Å²) in [5.74, 6) is 2.21. The maximum Gasteiger partial charge on any atom is 0.121 e. The molecule has 0 radical (unpaired) electrons. The van der Waals surface area contributed by atoms with Crippen molar-refractivity contribution < 1.29 is 5.11 Å². The molecule has 1 saturated carbocycles. The van der Waals surface area contributed by atoms with Crippen LogP contribution in [0.25, 0.3) is 0 Å². The predicted octanol–water partition coefficient (Wildman–Crippen LogP) is 3.53. The van der Waals surface area contributed by atoms with Crippen molar-refractivity contribution in [3.05, 3.63) is 28.8 Å². The van der Waals surface area contributed by atoms with E-state index < -0.39 is 0 Å². The van der Waals surface area contributed by atoms with Crippen LogP contribution in [-0.2, 0) is 6.54 Å². The molecule has 2 nitrogen and oxygen atoms in total. The average Bonchev–Trinajstić information content (AvgIpc) is 2.72. The highest BCUT2D eigenvalue weighted by Gasteiger charge is 2.20. The second-order valence-electron chi connectivity index (χ2n) is 5.99. The molecule has 2 rings (SSSR count). The summed E-state index contributed by atoms with van der Waals surface area (Å²) in [6, 6.07) is 4.15. The average molecular weight is 247 g/mol. The molecule has 0 saturated heterocycles. The molecule has 2 unspecified atom stereocenters. The number of aryl methyl sites for hydroxylation is 2. The second kappa shape index (κ2) is 5.75. The lowest BCUT2D eigenvalue weighted by Crippen LogP contribution is -2.21. The highest BCUT2D eigenvalue weighted by Crippen LogP contribution is 2.29. The van der Waals surface area contributed by atoms with Crippen LogP contribution in [-0.4, -0.2) is 11.7 Å². The summed E-state index contributed by atoms with van der Waals surface area (Å²) in [5, 5.41) is 13.3. The lowest BCUT2D eigenvalue weighted by molar-refractivity contribution is 0.463. The lowest BCUT2D eigenvalue weighted by atomic mass is 10.0. The minimum absolute atomic E-state index is 0.434. The molecule has 1 fully saturated rings. The van der Waals surface area contributed by atoms with Gasteiger partial charge in [-0.25, -0.2) is 0 Å². The number of aromatic hydroxyl groups is 1. The van der Waals surface area contributed by atoms with E-state index >= 15 is 0 Å². The van der Waals surface area contributed by atoms with Crippen LogP contribution in [0.5, 0.6) is 5.75 Å². The summed E-state index contributed by atoms with van der Waals surface area (Å²) in [5.41, 5.74) is 3.22. The van der Waals surface area contributed by atoms with Crippen LogP contribution in [0.2, 0.25) is 0 Å². The van der Waals surface area contributed by atoms with Gasteiger partial charge in [0.05, 0.1) is 0 Å². The van der Waals surface area contributed by atoms with Gasteiger partial charge in [0, 0.05) is 6.54 Å². The molecule has 0 bridgehead atoms. The van der Waals surface area contributed by atoms with Crippen LogP contribution in [0.4, 0.5) is 0 Å². The number of phenols is 1. The molecule has 0 spiro atoms. The molecule has 18 heavy (non-hydrogen) atoms.